The fraction of sp³-hybridized carbons (Fsp3) is 0.667. The number of hydrogen-bond donors (Lipinski definition) is 1. The molecular weight excluding hydrogens is 238 g/mol. The van der Waals surface area contributed by atoms with Crippen LogP contribution in [0.4, 0.5) is 0 Å². The van der Waals surface area contributed by atoms with Crippen LogP contribution in [0.3, 0.4) is 0 Å². The minimum absolute atomic E-state index is 0.403. The highest BCUT2D eigenvalue weighted by Gasteiger charge is 2.22. The molecule has 2 atom stereocenters. The van der Waals surface area contributed by atoms with Gasteiger partial charge in [-0.2, -0.15) is 0 Å². The van der Waals surface area contributed by atoms with E-state index >= 15 is 0 Å². The molecule has 2 unspecified atom stereocenters. The SMILES string of the molecule is COCCN(CC1CCCN1)C(C)c1ccncc1. The number of rotatable bonds is 7. The van der Waals surface area contributed by atoms with Crippen molar-refractivity contribution in [2.75, 3.05) is 33.4 Å². The zero-order chi connectivity index (χ0) is 13.5. The van der Waals surface area contributed by atoms with Crippen LogP contribution < -0.4 is 5.32 Å². The number of nitrogens with one attached hydrogen (secondary N) is 1. The van der Waals surface area contributed by atoms with Crippen molar-refractivity contribution in [3.8, 4) is 0 Å². The van der Waals surface area contributed by atoms with E-state index in [1.807, 2.05) is 12.4 Å². The monoisotopic (exact) mass is 263 g/mol. The quantitative estimate of drug-likeness (QED) is 0.814. The molecule has 0 aliphatic carbocycles. The largest absolute Gasteiger partial charge is 0.383 e. The summed E-state index contributed by atoms with van der Waals surface area (Å²) >= 11 is 0. The highest BCUT2D eigenvalue weighted by Crippen LogP contribution is 2.20. The number of hydrogen-bond acceptors (Lipinski definition) is 4. The van der Waals surface area contributed by atoms with Crippen LogP contribution in [0.15, 0.2) is 24.5 Å². The Morgan fingerprint density at radius 3 is 2.89 bits per heavy atom. The molecule has 0 amide bonds. The van der Waals surface area contributed by atoms with E-state index in [0.717, 1.165) is 26.2 Å². The Kier molecular flexibility index (Phi) is 5.76. The molecule has 0 spiro atoms. The van der Waals surface area contributed by atoms with E-state index in [1.54, 1.807) is 7.11 Å². The molecule has 0 bridgehead atoms. The Morgan fingerprint density at radius 1 is 1.47 bits per heavy atom. The summed E-state index contributed by atoms with van der Waals surface area (Å²) < 4.78 is 5.25. The van der Waals surface area contributed by atoms with Gasteiger partial charge < -0.3 is 10.1 Å². The van der Waals surface area contributed by atoms with E-state index in [0.29, 0.717) is 12.1 Å². The average molecular weight is 263 g/mol. The summed E-state index contributed by atoms with van der Waals surface area (Å²) in [5.41, 5.74) is 1.32. The minimum atomic E-state index is 0.403. The molecule has 4 heteroatoms. The smallest absolute Gasteiger partial charge is 0.0589 e. The summed E-state index contributed by atoms with van der Waals surface area (Å²) in [6.45, 7) is 6.26. The fourth-order valence-electron chi connectivity index (χ4n) is 2.70. The maximum Gasteiger partial charge on any atom is 0.0589 e. The Labute approximate surface area is 116 Å². The third-order valence-corrected chi connectivity index (χ3v) is 3.94. The predicted molar refractivity (Wildman–Crippen MR) is 77.1 cm³/mol. The highest BCUT2D eigenvalue weighted by molar-refractivity contribution is 5.14. The first kappa shape index (κ1) is 14.4. The molecule has 0 saturated carbocycles. The van der Waals surface area contributed by atoms with Gasteiger partial charge >= 0.3 is 0 Å². The summed E-state index contributed by atoms with van der Waals surface area (Å²) in [5.74, 6) is 0. The van der Waals surface area contributed by atoms with Crippen molar-refractivity contribution in [2.24, 2.45) is 0 Å². The van der Waals surface area contributed by atoms with E-state index in [9.17, 15) is 0 Å². The van der Waals surface area contributed by atoms with Crippen LogP contribution in [0.5, 0.6) is 0 Å². The fourth-order valence-corrected chi connectivity index (χ4v) is 2.70. The Balaban J connectivity index is 1.98. The van der Waals surface area contributed by atoms with E-state index in [1.165, 1.54) is 18.4 Å². The normalized spacial score (nSPS) is 20.9. The molecule has 4 nitrogen and oxygen atoms in total. The lowest BCUT2D eigenvalue weighted by atomic mass is 10.1. The van der Waals surface area contributed by atoms with Gasteiger partial charge in [0.1, 0.15) is 0 Å². The topological polar surface area (TPSA) is 37.4 Å². The van der Waals surface area contributed by atoms with Gasteiger partial charge in [0.15, 0.2) is 0 Å². The van der Waals surface area contributed by atoms with Crippen LogP contribution in [0, 0.1) is 0 Å². The first-order chi connectivity index (χ1) is 9.31. The molecule has 2 heterocycles. The second-order valence-corrected chi connectivity index (χ2v) is 5.24. The third kappa shape index (κ3) is 4.27. The second-order valence-electron chi connectivity index (χ2n) is 5.24. The Morgan fingerprint density at radius 2 is 2.26 bits per heavy atom. The van der Waals surface area contributed by atoms with Gasteiger partial charge in [-0.15, -0.1) is 0 Å². The van der Waals surface area contributed by atoms with E-state index in [2.05, 4.69) is 34.3 Å². The molecule has 1 N–H and O–H groups in total. The number of pyridine rings is 1. The standard InChI is InChI=1S/C15H25N3O/c1-13(14-5-8-16-9-6-14)18(10-11-19-2)12-15-4-3-7-17-15/h5-6,8-9,13,15,17H,3-4,7,10-12H2,1-2H3. The van der Waals surface area contributed by atoms with Crippen molar-refractivity contribution in [1.82, 2.24) is 15.2 Å². The summed E-state index contributed by atoms with van der Waals surface area (Å²) in [5, 5.41) is 3.57. The van der Waals surface area contributed by atoms with Gasteiger partial charge in [-0.05, 0) is 44.0 Å². The van der Waals surface area contributed by atoms with Gasteiger partial charge in [-0.25, -0.2) is 0 Å². The zero-order valence-electron chi connectivity index (χ0n) is 12.0. The highest BCUT2D eigenvalue weighted by atomic mass is 16.5. The average Bonchev–Trinajstić information content (AvgIpc) is 2.96. The minimum Gasteiger partial charge on any atom is -0.383 e. The van der Waals surface area contributed by atoms with Crippen LogP contribution in [0.1, 0.15) is 31.4 Å². The summed E-state index contributed by atoms with van der Waals surface area (Å²) in [4.78, 5) is 6.60. The predicted octanol–water partition coefficient (Wildman–Crippen LogP) is 1.84. The van der Waals surface area contributed by atoms with Crippen molar-refractivity contribution in [3.05, 3.63) is 30.1 Å². The number of methoxy groups -OCH3 is 1. The van der Waals surface area contributed by atoms with Crippen LogP contribution in [-0.4, -0.2) is 49.3 Å². The molecule has 1 aromatic rings. The lowest BCUT2D eigenvalue weighted by Crippen LogP contribution is -2.40. The molecule has 1 aliphatic rings. The molecule has 106 valence electrons. The lowest BCUT2D eigenvalue weighted by molar-refractivity contribution is 0.118. The van der Waals surface area contributed by atoms with Crippen LogP contribution in [0.25, 0.3) is 0 Å². The van der Waals surface area contributed by atoms with Crippen molar-refractivity contribution < 1.29 is 4.74 Å². The molecule has 19 heavy (non-hydrogen) atoms. The third-order valence-electron chi connectivity index (χ3n) is 3.94. The maximum atomic E-state index is 5.25. The van der Waals surface area contributed by atoms with Gasteiger partial charge in [0.2, 0.25) is 0 Å². The molecule has 0 radical (unpaired) electrons. The van der Waals surface area contributed by atoms with E-state index in [4.69, 9.17) is 4.74 Å². The van der Waals surface area contributed by atoms with Gasteiger partial charge in [0, 0.05) is 44.7 Å². The van der Waals surface area contributed by atoms with Crippen LogP contribution in [-0.2, 0) is 4.74 Å². The number of ether oxygens (including phenoxy) is 1. The Bertz CT molecular complexity index is 352. The van der Waals surface area contributed by atoms with Gasteiger partial charge in [0.05, 0.1) is 6.61 Å². The summed E-state index contributed by atoms with van der Waals surface area (Å²) in [6.07, 6.45) is 6.32. The molecule has 1 aliphatic heterocycles. The summed E-state index contributed by atoms with van der Waals surface area (Å²) in [7, 11) is 1.77. The molecule has 1 saturated heterocycles. The first-order valence-corrected chi connectivity index (χ1v) is 7.17. The van der Waals surface area contributed by atoms with Gasteiger partial charge in [-0.1, -0.05) is 0 Å². The zero-order valence-corrected chi connectivity index (χ0v) is 12.0. The molecule has 2 rings (SSSR count). The summed E-state index contributed by atoms with van der Waals surface area (Å²) in [6, 6.07) is 5.24. The van der Waals surface area contributed by atoms with Crippen molar-refractivity contribution in [2.45, 2.75) is 31.8 Å². The van der Waals surface area contributed by atoms with Crippen LogP contribution in [0.2, 0.25) is 0 Å². The van der Waals surface area contributed by atoms with Crippen LogP contribution >= 0.6 is 0 Å². The van der Waals surface area contributed by atoms with E-state index < -0.39 is 0 Å². The molecule has 0 aromatic carbocycles. The molecular formula is C15H25N3O. The maximum absolute atomic E-state index is 5.25. The first-order valence-electron chi connectivity index (χ1n) is 7.17. The van der Waals surface area contributed by atoms with Gasteiger partial charge in [0.25, 0.3) is 0 Å². The lowest BCUT2D eigenvalue weighted by Gasteiger charge is -2.31. The van der Waals surface area contributed by atoms with Gasteiger partial charge in [-0.3, -0.25) is 9.88 Å². The number of aromatic nitrogens is 1. The van der Waals surface area contributed by atoms with Crippen molar-refractivity contribution >= 4 is 0 Å². The second kappa shape index (κ2) is 7.58. The number of nitrogens with zero attached hydrogens (tertiary/aromatic N) is 2. The Hall–Kier alpha value is -0.970. The van der Waals surface area contributed by atoms with Crippen molar-refractivity contribution in [1.29, 1.82) is 0 Å². The van der Waals surface area contributed by atoms with Crippen molar-refractivity contribution in [3.63, 3.8) is 0 Å². The van der Waals surface area contributed by atoms with E-state index in [-0.39, 0.29) is 0 Å². The molecule has 1 fully saturated rings. The molecule has 1 aromatic heterocycles.